The van der Waals surface area contributed by atoms with Crippen LogP contribution in [0.1, 0.15) is 30.4 Å². The Morgan fingerprint density at radius 1 is 0.919 bits per heavy atom. The van der Waals surface area contributed by atoms with Crippen molar-refractivity contribution in [2.24, 2.45) is 0 Å². The molecule has 3 heterocycles. The molecule has 1 aromatic heterocycles. The summed E-state index contributed by atoms with van der Waals surface area (Å²) in [6, 6.07) is 6.01. The lowest BCUT2D eigenvalue weighted by molar-refractivity contribution is -0.138. The highest BCUT2D eigenvalue weighted by Gasteiger charge is 2.32. The summed E-state index contributed by atoms with van der Waals surface area (Å²) in [4.78, 5) is 22.4. The van der Waals surface area contributed by atoms with E-state index in [0.29, 0.717) is 52.2 Å². The molecular formula is C25H29F6N5O. The van der Waals surface area contributed by atoms with Crippen molar-refractivity contribution in [2.75, 3.05) is 56.0 Å². The number of likely N-dealkylation sites (tertiary alicyclic amines) is 1. The van der Waals surface area contributed by atoms with Crippen LogP contribution < -0.4 is 10.2 Å². The molecule has 1 unspecified atom stereocenters. The van der Waals surface area contributed by atoms with E-state index >= 15 is 0 Å². The third-order valence-electron chi connectivity index (χ3n) is 6.78. The number of alkyl halides is 6. The summed E-state index contributed by atoms with van der Waals surface area (Å²) in [6.45, 7) is 4.30. The lowest BCUT2D eigenvalue weighted by Crippen LogP contribution is -2.49. The van der Waals surface area contributed by atoms with Crippen molar-refractivity contribution in [1.29, 1.82) is 0 Å². The van der Waals surface area contributed by atoms with Crippen molar-refractivity contribution in [3.05, 3.63) is 53.9 Å². The molecule has 0 bridgehead atoms. The number of piperidine rings is 1. The number of anilines is 2. The minimum atomic E-state index is -4.47. The second-order valence-corrected chi connectivity index (χ2v) is 9.41. The number of nitrogens with one attached hydrogen (secondary N) is 1. The quantitative estimate of drug-likeness (QED) is 0.549. The van der Waals surface area contributed by atoms with Crippen LogP contribution in [0, 0.1) is 0 Å². The Kier molecular flexibility index (Phi) is 8.15. The van der Waals surface area contributed by atoms with E-state index in [4.69, 9.17) is 0 Å². The van der Waals surface area contributed by atoms with E-state index in [-0.39, 0.29) is 17.6 Å². The van der Waals surface area contributed by atoms with Crippen molar-refractivity contribution in [2.45, 2.75) is 37.7 Å². The van der Waals surface area contributed by atoms with Crippen LogP contribution in [0.2, 0.25) is 0 Å². The summed E-state index contributed by atoms with van der Waals surface area (Å²) < 4.78 is 77.2. The molecule has 37 heavy (non-hydrogen) atoms. The van der Waals surface area contributed by atoms with Gasteiger partial charge in [-0.15, -0.1) is 0 Å². The Morgan fingerprint density at radius 2 is 1.59 bits per heavy atom. The van der Waals surface area contributed by atoms with Gasteiger partial charge in [0.1, 0.15) is 0 Å². The predicted molar refractivity (Wildman–Crippen MR) is 127 cm³/mol. The number of piperazine rings is 1. The maximum Gasteiger partial charge on any atom is 0.417 e. The number of halogens is 6. The van der Waals surface area contributed by atoms with Gasteiger partial charge in [0.25, 0.3) is 0 Å². The van der Waals surface area contributed by atoms with Crippen LogP contribution >= 0.6 is 0 Å². The zero-order valence-corrected chi connectivity index (χ0v) is 20.2. The summed E-state index contributed by atoms with van der Waals surface area (Å²) in [7, 11) is 0. The van der Waals surface area contributed by atoms with Crippen LogP contribution in [0.3, 0.4) is 0 Å². The van der Waals surface area contributed by atoms with E-state index < -0.39 is 23.5 Å². The second-order valence-electron chi connectivity index (χ2n) is 9.41. The maximum atomic E-state index is 12.9. The van der Waals surface area contributed by atoms with Crippen LogP contribution in [0.15, 0.2) is 42.7 Å². The van der Waals surface area contributed by atoms with Crippen LogP contribution in [0.25, 0.3) is 0 Å². The molecule has 1 atom stereocenters. The van der Waals surface area contributed by atoms with Crippen molar-refractivity contribution < 1.29 is 31.1 Å². The molecule has 2 fully saturated rings. The zero-order chi connectivity index (χ0) is 26.6. The van der Waals surface area contributed by atoms with Gasteiger partial charge < -0.3 is 15.1 Å². The molecular weight excluding hydrogens is 500 g/mol. The van der Waals surface area contributed by atoms with E-state index in [9.17, 15) is 31.1 Å². The first-order valence-electron chi connectivity index (χ1n) is 12.2. The summed E-state index contributed by atoms with van der Waals surface area (Å²) in [5, 5.41) is 3.08. The third-order valence-corrected chi connectivity index (χ3v) is 6.78. The first kappa shape index (κ1) is 27.0. The largest absolute Gasteiger partial charge is 0.417 e. The molecule has 0 spiro atoms. The number of carbonyl (C=O) groups is 1. The second kappa shape index (κ2) is 11.2. The number of hydrogen-bond donors (Lipinski definition) is 1. The van der Waals surface area contributed by atoms with Gasteiger partial charge >= 0.3 is 12.4 Å². The average molecular weight is 530 g/mol. The molecule has 2 aromatic rings. The number of aromatic nitrogens is 1. The normalized spacial score (nSPS) is 19.7. The zero-order valence-electron chi connectivity index (χ0n) is 20.2. The monoisotopic (exact) mass is 529 g/mol. The van der Waals surface area contributed by atoms with Gasteiger partial charge in [-0.05, 0) is 43.2 Å². The Balaban J connectivity index is 1.21. The topological polar surface area (TPSA) is 51.7 Å². The Labute approximate surface area is 211 Å². The van der Waals surface area contributed by atoms with Crippen LogP contribution in [0.4, 0.5) is 37.7 Å². The minimum absolute atomic E-state index is 0.00108. The minimum Gasteiger partial charge on any atom is -0.379 e. The number of amides is 1. The van der Waals surface area contributed by atoms with Gasteiger partial charge in [0.2, 0.25) is 5.91 Å². The fourth-order valence-electron chi connectivity index (χ4n) is 4.73. The molecule has 2 aliphatic rings. The molecule has 0 aliphatic carbocycles. The molecule has 202 valence electrons. The fourth-order valence-corrected chi connectivity index (χ4v) is 4.73. The summed E-state index contributed by atoms with van der Waals surface area (Å²) in [6.07, 6.45) is -4.87. The van der Waals surface area contributed by atoms with Crippen LogP contribution in [-0.2, 0) is 17.1 Å². The molecule has 1 amide bonds. The SMILES string of the molecule is O=C(CCN1CCN(c2ccc(C(F)(F)F)cc2)CC1)N1CCCC(Nc2cncc(C(F)(F)F)c2)C1. The average Bonchev–Trinajstić information content (AvgIpc) is 2.87. The Hall–Kier alpha value is -3.02. The molecule has 0 radical (unpaired) electrons. The molecule has 6 nitrogen and oxygen atoms in total. The van der Waals surface area contributed by atoms with E-state index in [1.165, 1.54) is 18.3 Å². The van der Waals surface area contributed by atoms with Gasteiger partial charge in [0, 0.05) is 76.4 Å². The van der Waals surface area contributed by atoms with Gasteiger partial charge in [0.15, 0.2) is 0 Å². The highest BCUT2D eigenvalue weighted by Crippen LogP contribution is 2.31. The number of hydrogen-bond acceptors (Lipinski definition) is 5. The van der Waals surface area contributed by atoms with Gasteiger partial charge in [-0.3, -0.25) is 14.7 Å². The van der Waals surface area contributed by atoms with E-state index in [2.05, 4.69) is 15.2 Å². The number of pyridine rings is 1. The van der Waals surface area contributed by atoms with Crippen molar-refractivity contribution in [3.63, 3.8) is 0 Å². The highest BCUT2D eigenvalue weighted by atomic mass is 19.4. The van der Waals surface area contributed by atoms with Gasteiger partial charge in [-0.25, -0.2) is 0 Å². The molecule has 0 saturated carbocycles. The van der Waals surface area contributed by atoms with Crippen LogP contribution in [0.5, 0.6) is 0 Å². The molecule has 1 aromatic carbocycles. The Morgan fingerprint density at radius 3 is 2.24 bits per heavy atom. The van der Waals surface area contributed by atoms with E-state index in [0.717, 1.165) is 42.9 Å². The molecule has 2 saturated heterocycles. The highest BCUT2D eigenvalue weighted by molar-refractivity contribution is 5.76. The smallest absolute Gasteiger partial charge is 0.379 e. The van der Waals surface area contributed by atoms with Crippen molar-refractivity contribution in [1.82, 2.24) is 14.8 Å². The van der Waals surface area contributed by atoms with Gasteiger partial charge in [0.05, 0.1) is 16.8 Å². The lowest BCUT2D eigenvalue weighted by Gasteiger charge is -2.37. The van der Waals surface area contributed by atoms with Gasteiger partial charge in [-0.1, -0.05) is 0 Å². The Bertz CT molecular complexity index is 1050. The van der Waals surface area contributed by atoms with Crippen molar-refractivity contribution >= 4 is 17.3 Å². The lowest BCUT2D eigenvalue weighted by atomic mass is 10.0. The number of rotatable bonds is 6. The molecule has 1 N–H and O–H groups in total. The van der Waals surface area contributed by atoms with Crippen molar-refractivity contribution in [3.8, 4) is 0 Å². The molecule has 2 aliphatic heterocycles. The van der Waals surface area contributed by atoms with Gasteiger partial charge in [-0.2, -0.15) is 26.3 Å². The molecule has 4 rings (SSSR count). The van der Waals surface area contributed by atoms with Crippen LogP contribution in [-0.4, -0.2) is 72.5 Å². The number of carbonyl (C=O) groups excluding carboxylic acids is 1. The number of nitrogens with zero attached hydrogens (tertiary/aromatic N) is 4. The molecule has 12 heteroatoms. The predicted octanol–water partition coefficient (Wildman–Crippen LogP) is 4.73. The fraction of sp³-hybridized carbons (Fsp3) is 0.520. The first-order chi connectivity index (χ1) is 17.5. The van der Waals surface area contributed by atoms with E-state index in [1.807, 2.05) is 4.90 Å². The summed E-state index contributed by atoms with van der Waals surface area (Å²) >= 11 is 0. The summed E-state index contributed by atoms with van der Waals surface area (Å²) in [5.74, 6) is -0.00108. The maximum absolute atomic E-state index is 12.9. The number of benzene rings is 1. The standard InChI is InChI=1S/C25H29F6N5O/c26-24(27,28)18-3-5-22(6-4-18)35-12-10-34(11-13-35)9-7-23(37)36-8-1-2-20(17-36)33-21-14-19(15-32-16-21)25(29,30)31/h3-6,14-16,20,33H,1-2,7-13,17H2. The third kappa shape index (κ3) is 7.27. The van der Waals surface area contributed by atoms with E-state index in [1.54, 1.807) is 4.90 Å². The first-order valence-corrected chi connectivity index (χ1v) is 12.2. The summed E-state index contributed by atoms with van der Waals surface area (Å²) in [5.41, 5.74) is -0.471.